The Kier molecular flexibility index (Phi) is 6.35. The van der Waals surface area contributed by atoms with E-state index >= 15 is 0 Å². The second kappa shape index (κ2) is 9.51. The van der Waals surface area contributed by atoms with Crippen molar-refractivity contribution in [2.75, 3.05) is 20.8 Å². The Hall–Kier alpha value is -3.24. The van der Waals surface area contributed by atoms with Crippen molar-refractivity contribution in [2.24, 2.45) is 0 Å². The number of hydrogen-bond acceptors (Lipinski definition) is 4. The second-order valence-corrected chi connectivity index (χ2v) is 7.26. The van der Waals surface area contributed by atoms with Gasteiger partial charge in [-0.15, -0.1) is 0 Å². The molecular formula is C26H27NO3. The molecule has 30 heavy (non-hydrogen) atoms. The van der Waals surface area contributed by atoms with Gasteiger partial charge in [0.25, 0.3) is 0 Å². The predicted octanol–water partition coefficient (Wildman–Crippen LogP) is 5.18. The SMILES string of the molecule is COc1ccccc1/C=C/C1NCCc2cc(OCc3ccccc3)c(OC)cc21. The van der Waals surface area contributed by atoms with Gasteiger partial charge in [-0.1, -0.05) is 60.7 Å². The summed E-state index contributed by atoms with van der Waals surface area (Å²) in [4.78, 5) is 0. The van der Waals surface area contributed by atoms with Crippen LogP contribution in [0.2, 0.25) is 0 Å². The monoisotopic (exact) mass is 401 g/mol. The van der Waals surface area contributed by atoms with Gasteiger partial charge in [0.05, 0.1) is 20.3 Å². The highest BCUT2D eigenvalue weighted by molar-refractivity contribution is 5.59. The van der Waals surface area contributed by atoms with Crippen molar-refractivity contribution in [3.63, 3.8) is 0 Å². The van der Waals surface area contributed by atoms with Gasteiger partial charge in [-0.05, 0) is 41.3 Å². The van der Waals surface area contributed by atoms with Gasteiger partial charge in [0.2, 0.25) is 0 Å². The van der Waals surface area contributed by atoms with Crippen LogP contribution < -0.4 is 19.5 Å². The smallest absolute Gasteiger partial charge is 0.161 e. The zero-order valence-electron chi connectivity index (χ0n) is 17.4. The van der Waals surface area contributed by atoms with Crippen LogP contribution >= 0.6 is 0 Å². The number of methoxy groups -OCH3 is 2. The maximum atomic E-state index is 6.10. The maximum absolute atomic E-state index is 6.10. The Balaban J connectivity index is 1.58. The highest BCUT2D eigenvalue weighted by atomic mass is 16.5. The molecule has 1 aliphatic rings. The van der Waals surface area contributed by atoms with E-state index < -0.39 is 0 Å². The molecule has 0 saturated heterocycles. The Morgan fingerprint density at radius 2 is 1.67 bits per heavy atom. The molecule has 0 aromatic heterocycles. The van der Waals surface area contributed by atoms with Crippen molar-refractivity contribution in [2.45, 2.75) is 19.1 Å². The van der Waals surface area contributed by atoms with Crippen LogP contribution in [0.25, 0.3) is 6.08 Å². The minimum Gasteiger partial charge on any atom is -0.496 e. The second-order valence-electron chi connectivity index (χ2n) is 7.26. The third-order valence-electron chi connectivity index (χ3n) is 5.36. The molecule has 4 nitrogen and oxygen atoms in total. The first-order chi connectivity index (χ1) is 14.8. The van der Waals surface area contributed by atoms with Crippen molar-refractivity contribution in [1.82, 2.24) is 5.32 Å². The lowest BCUT2D eigenvalue weighted by Gasteiger charge is -2.26. The molecule has 1 aliphatic heterocycles. The van der Waals surface area contributed by atoms with E-state index in [1.165, 1.54) is 11.1 Å². The minimum atomic E-state index is 0.107. The number of benzene rings is 3. The summed E-state index contributed by atoms with van der Waals surface area (Å²) >= 11 is 0. The van der Waals surface area contributed by atoms with Gasteiger partial charge >= 0.3 is 0 Å². The number of rotatable bonds is 7. The Bertz CT molecular complexity index is 1010. The molecule has 0 radical (unpaired) electrons. The first-order valence-electron chi connectivity index (χ1n) is 10.2. The molecule has 3 aromatic rings. The van der Waals surface area contributed by atoms with E-state index in [-0.39, 0.29) is 6.04 Å². The van der Waals surface area contributed by atoms with Crippen molar-refractivity contribution in [1.29, 1.82) is 0 Å². The third-order valence-corrected chi connectivity index (χ3v) is 5.36. The quantitative estimate of drug-likeness (QED) is 0.592. The molecule has 1 heterocycles. The van der Waals surface area contributed by atoms with E-state index in [4.69, 9.17) is 14.2 Å². The average molecular weight is 402 g/mol. The van der Waals surface area contributed by atoms with Crippen LogP contribution in [0, 0.1) is 0 Å². The zero-order chi connectivity index (χ0) is 20.8. The van der Waals surface area contributed by atoms with Gasteiger partial charge in [-0.3, -0.25) is 0 Å². The topological polar surface area (TPSA) is 39.7 Å². The molecule has 1 unspecified atom stereocenters. The fourth-order valence-corrected chi connectivity index (χ4v) is 3.78. The van der Waals surface area contributed by atoms with Crippen LogP contribution in [0.4, 0.5) is 0 Å². The Labute approximate surface area is 178 Å². The van der Waals surface area contributed by atoms with E-state index in [1.807, 2.05) is 36.4 Å². The first-order valence-corrected chi connectivity index (χ1v) is 10.2. The normalized spacial score (nSPS) is 15.6. The number of ether oxygens (including phenoxy) is 3. The molecule has 4 heteroatoms. The summed E-state index contributed by atoms with van der Waals surface area (Å²) in [6.07, 6.45) is 5.25. The van der Waals surface area contributed by atoms with Crippen molar-refractivity contribution >= 4 is 6.08 Å². The number of hydrogen-bond donors (Lipinski definition) is 1. The van der Waals surface area contributed by atoms with Crippen LogP contribution in [-0.4, -0.2) is 20.8 Å². The molecule has 0 saturated carbocycles. The molecule has 0 bridgehead atoms. The lowest BCUT2D eigenvalue weighted by Crippen LogP contribution is -2.28. The summed E-state index contributed by atoms with van der Waals surface area (Å²) in [5.74, 6) is 2.41. The minimum absolute atomic E-state index is 0.107. The number of para-hydroxylation sites is 1. The largest absolute Gasteiger partial charge is 0.496 e. The van der Waals surface area contributed by atoms with E-state index in [0.717, 1.165) is 41.3 Å². The third kappa shape index (κ3) is 4.50. The lowest BCUT2D eigenvalue weighted by atomic mass is 9.93. The van der Waals surface area contributed by atoms with Crippen LogP contribution in [-0.2, 0) is 13.0 Å². The predicted molar refractivity (Wildman–Crippen MR) is 120 cm³/mol. The zero-order valence-corrected chi connectivity index (χ0v) is 17.4. The van der Waals surface area contributed by atoms with Gasteiger partial charge in [0.1, 0.15) is 12.4 Å². The van der Waals surface area contributed by atoms with Crippen molar-refractivity contribution in [3.8, 4) is 17.2 Å². The van der Waals surface area contributed by atoms with Crippen molar-refractivity contribution in [3.05, 3.63) is 95.1 Å². The summed E-state index contributed by atoms with van der Waals surface area (Å²) in [6.45, 7) is 1.43. The van der Waals surface area contributed by atoms with Crippen LogP contribution in [0.1, 0.15) is 28.3 Å². The van der Waals surface area contributed by atoms with E-state index in [0.29, 0.717) is 6.61 Å². The summed E-state index contributed by atoms with van der Waals surface area (Å²) in [5.41, 5.74) is 4.70. The molecule has 0 spiro atoms. The Morgan fingerprint density at radius 3 is 2.47 bits per heavy atom. The van der Waals surface area contributed by atoms with Crippen LogP contribution in [0.15, 0.2) is 72.8 Å². The fraction of sp³-hybridized carbons (Fsp3) is 0.231. The van der Waals surface area contributed by atoms with E-state index in [2.05, 4.69) is 47.8 Å². The molecule has 154 valence electrons. The first kappa shape index (κ1) is 20.0. The van der Waals surface area contributed by atoms with E-state index in [9.17, 15) is 0 Å². The Morgan fingerprint density at radius 1 is 0.900 bits per heavy atom. The standard InChI is InChI=1S/C26H27NO3/c1-28-24-11-7-6-10-20(24)12-13-23-22-17-25(29-2)26(16-21(22)14-15-27-23)30-18-19-8-4-3-5-9-19/h3-13,16-17,23,27H,14-15,18H2,1-2H3/b13-12+. The van der Waals surface area contributed by atoms with Gasteiger partial charge in [0.15, 0.2) is 11.5 Å². The highest BCUT2D eigenvalue weighted by Gasteiger charge is 2.21. The molecule has 0 amide bonds. The summed E-state index contributed by atoms with van der Waals surface area (Å²) in [5, 5.41) is 3.59. The molecule has 1 atom stereocenters. The van der Waals surface area contributed by atoms with Crippen molar-refractivity contribution < 1.29 is 14.2 Å². The highest BCUT2D eigenvalue weighted by Crippen LogP contribution is 2.36. The lowest BCUT2D eigenvalue weighted by molar-refractivity contribution is 0.283. The van der Waals surface area contributed by atoms with Crippen LogP contribution in [0.3, 0.4) is 0 Å². The number of nitrogens with one attached hydrogen (secondary N) is 1. The maximum Gasteiger partial charge on any atom is 0.161 e. The molecule has 0 aliphatic carbocycles. The molecular weight excluding hydrogens is 374 g/mol. The molecule has 0 fully saturated rings. The van der Waals surface area contributed by atoms with Gasteiger partial charge in [-0.2, -0.15) is 0 Å². The molecule has 3 aromatic carbocycles. The van der Waals surface area contributed by atoms with Gasteiger partial charge in [-0.25, -0.2) is 0 Å². The number of fused-ring (bicyclic) bond motifs is 1. The average Bonchev–Trinajstić information content (AvgIpc) is 2.81. The molecule has 1 N–H and O–H groups in total. The van der Waals surface area contributed by atoms with Gasteiger partial charge in [0, 0.05) is 12.1 Å². The summed E-state index contributed by atoms with van der Waals surface area (Å²) in [7, 11) is 3.38. The van der Waals surface area contributed by atoms with Crippen LogP contribution in [0.5, 0.6) is 17.2 Å². The van der Waals surface area contributed by atoms with E-state index in [1.54, 1.807) is 14.2 Å². The molecule has 4 rings (SSSR count). The summed E-state index contributed by atoms with van der Waals surface area (Å²) in [6, 6.07) is 22.5. The fourth-order valence-electron chi connectivity index (χ4n) is 3.78. The summed E-state index contributed by atoms with van der Waals surface area (Å²) < 4.78 is 17.2. The van der Waals surface area contributed by atoms with Gasteiger partial charge < -0.3 is 19.5 Å².